The van der Waals surface area contributed by atoms with Gasteiger partial charge in [0.2, 0.25) is 0 Å². The number of rotatable bonds is 6. The Morgan fingerprint density at radius 2 is 2.35 bits per heavy atom. The monoisotopic (exact) mass is 317 g/mol. The van der Waals surface area contributed by atoms with Crippen LogP contribution in [0.15, 0.2) is 12.5 Å². The van der Waals surface area contributed by atoms with E-state index in [0.29, 0.717) is 16.6 Å². The summed E-state index contributed by atoms with van der Waals surface area (Å²) in [6.07, 6.45) is 7.44. The summed E-state index contributed by atoms with van der Waals surface area (Å²) in [6.45, 7) is 1.57. The number of fused-ring (bicyclic) bond motifs is 1. The van der Waals surface area contributed by atoms with Gasteiger partial charge in [0.25, 0.3) is 5.91 Å². The lowest BCUT2D eigenvalue weighted by Gasteiger charge is -2.21. The van der Waals surface area contributed by atoms with E-state index in [-0.39, 0.29) is 24.8 Å². The highest BCUT2D eigenvalue weighted by Gasteiger charge is 2.22. The van der Waals surface area contributed by atoms with Gasteiger partial charge in [-0.3, -0.25) is 4.79 Å². The van der Waals surface area contributed by atoms with Gasteiger partial charge < -0.3 is 25.5 Å². The van der Waals surface area contributed by atoms with Crippen LogP contribution >= 0.6 is 0 Å². The summed E-state index contributed by atoms with van der Waals surface area (Å²) in [6, 6.07) is 0. The quantitative estimate of drug-likeness (QED) is 0.660. The molecule has 0 fully saturated rings. The van der Waals surface area contributed by atoms with Crippen molar-refractivity contribution in [3.05, 3.63) is 18.1 Å². The van der Waals surface area contributed by atoms with Crippen LogP contribution in [-0.4, -0.2) is 45.3 Å². The molecule has 122 valence electrons. The van der Waals surface area contributed by atoms with Crippen molar-refractivity contribution in [1.82, 2.24) is 19.9 Å². The topological polar surface area (TPSA) is 115 Å². The second-order valence-corrected chi connectivity index (χ2v) is 4.93. The first-order valence-corrected chi connectivity index (χ1v) is 7.06. The second kappa shape index (κ2) is 7.09. The van der Waals surface area contributed by atoms with Gasteiger partial charge in [-0.1, -0.05) is 0 Å². The van der Waals surface area contributed by atoms with E-state index < -0.39 is 12.3 Å². The first-order valence-electron chi connectivity index (χ1n) is 7.06. The molecule has 4 N–H and O–H groups in total. The summed E-state index contributed by atoms with van der Waals surface area (Å²) in [5.41, 5.74) is 6.71. The van der Waals surface area contributed by atoms with Gasteiger partial charge in [0.1, 0.15) is 24.0 Å². The number of anilines is 1. The van der Waals surface area contributed by atoms with Gasteiger partial charge in [0, 0.05) is 19.7 Å². The van der Waals surface area contributed by atoms with Gasteiger partial charge in [0.05, 0.1) is 23.7 Å². The fraction of sp³-hybridized carbons (Fsp3) is 0.400. The number of aromatic nitrogens is 3. The van der Waals surface area contributed by atoms with E-state index in [9.17, 15) is 9.90 Å². The third-order valence-corrected chi connectivity index (χ3v) is 3.44. The van der Waals surface area contributed by atoms with E-state index in [1.54, 1.807) is 17.7 Å². The molecular formula is C15H19N5O3. The minimum Gasteiger partial charge on any atom is -0.394 e. The number of carbonyl (C=O) groups is 1. The zero-order valence-corrected chi connectivity index (χ0v) is 13.0. The Labute approximate surface area is 133 Å². The molecule has 0 aliphatic heterocycles. The van der Waals surface area contributed by atoms with Crippen molar-refractivity contribution >= 4 is 22.8 Å². The molecule has 0 radical (unpaired) electrons. The van der Waals surface area contributed by atoms with Gasteiger partial charge in [0.15, 0.2) is 0 Å². The number of hydrogen-bond acceptors (Lipinski definition) is 6. The Morgan fingerprint density at radius 1 is 1.61 bits per heavy atom. The predicted octanol–water partition coefficient (Wildman–Crippen LogP) is 0.292. The van der Waals surface area contributed by atoms with Gasteiger partial charge >= 0.3 is 0 Å². The number of aliphatic hydroxyl groups is 1. The molecule has 1 amide bonds. The molecule has 0 saturated carbocycles. The van der Waals surface area contributed by atoms with Gasteiger partial charge in [-0.2, -0.15) is 0 Å². The smallest absolute Gasteiger partial charge is 0.253 e. The highest BCUT2D eigenvalue weighted by atomic mass is 16.5. The molecule has 0 saturated heterocycles. The Kier molecular flexibility index (Phi) is 5.16. The van der Waals surface area contributed by atoms with Crippen LogP contribution in [0.2, 0.25) is 0 Å². The first-order chi connectivity index (χ1) is 11.0. The zero-order valence-electron chi connectivity index (χ0n) is 13.0. The van der Waals surface area contributed by atoms with E-state index in [2.05, 4.69) is 21.2 Å². The lowest BCUT2D eigenvalue weighted by Crippen LogP contribution is -2.22. The van der Waals surface area contributed by atoms with Gasteiger partial charge in [-0.25, -0.2) is 9.97 Å². The molecule has 8 nitrogen and oxygen atoms in total. The maximum atomic E-state index is 12.1. The third kappa shape index (κ3) is 3.26. The van der Waals surface area contributed by atoms with Crippen molar-refractivity contribution in [2.24, 2.45) is 0 Å². The first kappa shape index (κ1) is 16.7. The van der Waals surface area contributed by atoms with Crippen LogP contribution < -0.4 is 11.1 Å². The normalized spacial score (nSPS) is 13.5. The highest BCUT2D eigenvalue weighted by Crippen LogP contribution is 2.27. The number of amides is 1. The number of nitrogens with two attached hydrogens (primary N) is 1. The minimum atomic E-state index is -0.505. The lowest BCUT2D eigenvalue weighted by molar-refractivity contribution is -0.0605. The van der Waals surface area contributed by atoms with Crippen LogP contribution in [0.1, 0.15) is 29.9 Å². The molecule has 23 heavy (non-hydrogen) atoms. The number of hydrogen-bond donors (Lipinski definition) is 3. The molecule has 2 rings (SSSR count). The fourth-order valence-electron chi connectivity index (χ4n) is 2.32. The molecule has 2 aromatic rings. The SMILES string of the molecule is C#CC[C@@H](CO)O[C@H](C)n1cc(C(=O)NC)c2c(N)ncnc21. The zero-order chi connectivity index (χ0) is 17.0. The number of nitrogens with one attached hydrogen (secondary N) is 1. The molecular weight excluding hydrogens is 298 g/mol. The summed E-state index contributed by atoms with van der Waals surface area (Å²) in [7, 11) is 1.53. The Morgan fingerprint density at radius 3 is 2.96 bits per heavy atom. The van der Waals surface area contributed by atoms with Crippen molar-refractivity contribution in [3.8, 4) is 12.3 Å². The van der Waals surface area contributed by atoms with E-state index in [0.717, 1.165) is 0 Å². The number of ether oxygens (including phenoxy) is 1. The van der Waals surface area contributed by atoms with E-state index in [1.165, 1.54) is 13.4 Å². The van der Waals surface area contributed by atoms with Crippen LogP contribution in [0.25, 0.3) is 11.0 Å². The van der Waals surface area contributed by atoms with Crippen LogP contribution in [0.4, 0.5) is 5.82 Å². The molecule has 0 aliphatic rings. The summed E-state index contributed by atoms with van der Waals surface area (Å²) in [4.78, 5) is 20.2. The lowest BCUT2D eigenvalue weighted by atomic mass is 10.2. The molecule has 8 heteroatoms. The maximum Gasteiger partial charge on any atom is 0.253 e. The summed E-state index contributed by atoms with van der Waals surface area (Å²) >= 11 is 0. The van der Waals surface area contributed by atoms with Crippen LogP contribution in [0.3, 0.4) is 0 Å². The predicted molar refractivity (Wildman–Crippen MR) is 85.5 cm³/mol. The van der Waals surface area contributed by atoms with Gasteiger partial charge in [-0.05, 0) is 6.92 Å². The maximum absolute atomic E-state index is 12.1. The molecule has 2 aromatic heterocycles. The number of terminal acetylenes is 1. The number of carbonyl (C=O) groups excluding carboxylic acids is 1. The molecule has 0 aromatic carbocycles. The Hall–Kier alpha value is -2.63. The van der Waals surface area contributed by atoms with Crippen molar-refractivity contribution < 1.29 is 14.6 Å². The largest absolute Gasteiger partial charge is 0.394 e. The Balaban J connectivity index is 2.47. The number of aliphatic hydroxyl groups excluding tert-OH is 1. The highest BCUT2D eigenvalue weighted by molar-refractivity contribution is 6.09. The molecule has 2 atom stereocenters. The average molecular weight is 317 g/mol. The Bertz CT molecular complexity index is 749. The van der Waals surface area contributed by atoms with Crippen molar-refractivity contribution in [1.29, 1.82) is 0 Å². The van der Waals surface area contributed by atoms with Crippen LogP contribution in [0.5, 0.6) is 0 Å². The van der Waals surface area contributed by atoms with Crippen LogP contribution in [-0.2, 0) is 4.74 Å². The summed E-state index contributed by atoms with van der Waals surface area (Å²) in [5, 5.41) is 12.3. The molecule has 0 bridgehead atoms. The van der Waals surface area contributed by atoms with Crippen LogP contribution in [0, 0.1) is 12.3 Å². The number of nitrogen functional groups attached to an aromatic ring is 1. The fourth-order valence-corrected chi connectivity index (χ4v) is 2.32. The molecule has 0 unspecified atom stereocenters. The third-order valence-electron chi connectivity index (χ3n) is 3.44. The van der Waals surface area contributed by atoms with Crippen molar-refractivity contribution in [2.75, 3.05) is 19.4 Å². The number of nitrogens with zero attached hydrogens (tertiary/aromatic N) is 3. The van der Waals surface area contributed by atoms with Crippen molar-refractivity contribution in [2.45, 2.75) is 25.7 Å². The summed E-state index contributed by atoms with van der Waals surface area (Å²) in [5.74, 6) is 2.36. The molecule has 2 heterocycles. The molecule has 0 spiro atoms. The van der Waals surface area contributed by atoms with E-state index in [4.69, 9.17) is 16.9 Å². The standard InChI is InChI=1S/C15H19N5O3/c1-4-5-10(7-21)23-9(2)20-6-11(15(22)17-3)12-13(16)18-8-19-14(12)20/h1,6,8-10,21H,5,7H2,2-3H3,(H,17,22)(H2,16,18,19)/t9-,10+/m1/s1. The van der Waals surface area contributed by atoms with Crippen molar-refractivity contribution in [3.63, 3.8) is 0 Å². The minimum absolute atomic E-state index is 0.201. The van der Waals surface area contributed by atoms with E-state index >= 15 is 0 Å². The average Bonchev–Trinajstić information content (AvgIpc) is 2.94. The van der Waals surface area contributed by atoms with Gasteiger partial charge in [-0.15, -0.1) is 12.3 Å². The second-order valence-electron chi connectivity index (χ2n) is 4.93. The summed E-state index contributed by atoms with van der Waals surface area (Å²) < 4.78 is 7.40. The van der Waals surface area contributed by atoms with E-state index in [1.807, 2.05) is 0 Å². The molecule has 0 aliphatic carbocycles.